The lowest BCUT2D eigenvalue weighted by Gasteiger charge is -2.25. The summed E-state index contributed by atoms with van der Waals surface area (Å²) in [6.45, 7) is 0. The number of benzene rings is 4. The van der Waals surface area contributed by atoms with Crippen LogP contribution in [-0.2, 0) is 15.2 Å². The lowest BCUT2D eigenvalue weighted by molar-refractivity contribution is -0.133. The van der Waals surface area contributed by atoms with Crippen molar-refractivity contribution in [3.05, 3.63) is 132 Å². The van der Waals surface area contributed by atoms with Gasteiger partial charge in [-0.25, -0.2) is 10.3 Å². The summed E-state index contributed by atoms with van der Waals surface area (Å²) in [6, 6.07) is 32.3. The smallest absolute Gasteiger partial charge is 0.362 e. The van der Waals surface area contributed by atoms with Crippen molar-refractivity contribution in [3.8, 4) is 0 Å². The molecule has 34 heavy (non-hydrogen) atoms. The summed E-state index contributed by atoms with van der Waals surface area (Å²) in [6.07, 6.45) is 0. The Bertz CT molecular complexity index is 1240. The average Bonchev–Trinajstić information content (AvgIpc) is 2.92. The minimum absolute atomic E-state index is 0.386. The van der Waals surface area contributed by atoms with Gasteiger partial charge in [-0.3, -0.25) is 4.79 Å². The molecule has 0 fully saturated rings. The molecule has 7 nitrogen and oxygen atoms in total. The second-order valence-corrected chi connectivity index (χ2v) is 7.35. The standard InChI is InChI=1S/C27H21N3O4/c31-25(20-10-4-1-5-11-20)34-30-24-18-16-23(17-19-24)28-29-26(32)27(33,21-12-6-2-7-13-21)22-14-8-3-9-15-22/h1-19,30,33H. The molecule has 0 spiro atoms. The molecule has 168 valence electrons. The number of nitrogens with zero attached hydrogens (tertiary/aromatic N) is 2. The largest absolute Gasteiger partial charge is 0.372 e. The van der Waals surface area contributed by atoms with E-state index in [2.05, 4.69) is 15.7 Å². The van der Waals surface area contributed by atoms with E-state index in [9.17, 15) is 14.7 Å². The summed E-state index contributed by atoms with van der Waals surface area (Å²) in [5.41, 5.74) is 2.71. The number of amides is 1. The number of hydrogen-bond acceptors (Lipinski definition) is 6. The monoisotopic (exact) mass is 451 g/mol. The van der Waals surface area contributed by atoms with Gasteiger partial charge in [-0.1, -0.05) is 78.9 Å². The van der Waals surface area contributed by atoms with E-state index in [1.54, 1.807) is 109 Å². The quantitative estimate of drug-likeness (QED) is 0.289. The van der Waals surface area contributed by atoms with Gasteiger partial charge in [-0.05, 0) is 47.5 Å². The number of hydrogen-bond donors (Lipinski definition) is 2. The Morgan fingerprint density at radius 3 is 1.74 bits per heavy atom. The van der Waals surface area contributed by atoms with E-state index in [0.717, 1.165) is 0 Å². The first-order valence-corrected chi connectivity index (χ1v) is 10.5. The van der Waals surface area contributed by atoms with Gasteiger partial charge < -0.3 is 9.94 Å². The highest BCUT2D eigenvalue weighted by Crippen LogP contribution is 2.31. The first-order chi connectivity index (χ1) is 16.6. The van der Waals surface area contributed by atoms with Crippen molar-refractivity contribution < 1.29 is 19.5 Å². The predicted molar refractivity (Wildman–Crippen MR) is 127 cm³/mol. The van der Waals surface area contributed by atoms with Gasteiger partial charge >= 0.3 is 11.9 Å². The van der Waals surface area contributed by atoms with E-state index in [4.69, 9.17) is 4.84 Å². The molecule has 0 saturated heterocycles. The topological polar surface area (TPSA) is 100 Å². The molecule has 0 heterocycles. The normalized spacial score (nSPS) is 11.2. The molecule has 4 rings (SSSR count). The van der Waals surface area contributed by atoms with E-state index in [1.807, 2.05) is 6.07 Å². The number of nitrogens with one attached hydrogen (secondary N) is 1. The third-order valence-corrected chi connectivity index (χ3v) is 5.09. The fourth-order valence-electron chi connectivity index (χ4n) is 3.28. The second kappa shape index (κ2) is 10.3. The van der Waals surface area contributed by atoms with Crippen LogP contribution in [0.4, 0.5) is 11.4 Å². The first kappa shape index (κ1) is 22.6. The minimum atomic E-state index is -1.97. The van der Waals surface area contributed by atoms with Crippen LogP contribution in [-0.4, -0.2) is 17.0 Å². The SMILES string of the molecule is O=C(ONc1ccc(N=NC(=O)C(O)(c2ccccc2)c2ccccc2)cc1)c1ccccc1. The van der Waals surface area contributed by atoms with Crippen molar-refractivity contribution in [2.75, 3.05) is 5.48 Å². The first-order valence-electron chi connectivity index (χ1n) is 10.5. The highest BCUT2D eigenvalue weighted by molar-refractivity contribution is 5.91. The maximum absolute atomic E-state index is 13.0. The number of carbonyl (C=O) groups is 2. The van der Waals surface area contributed by atoms with Crippen LogP contribution >= 0.6 is 0 Å². The lowest BCUT2D eigenvalue weighted by atomic mass is 9.86. The molecular formula is C27H21N3O4. The molecule has 7 heteroatoms. The van der Waals surface area contributed by atoms with Gasteiger partial charge in [0.1, 0.15) is 0 Å². The number of azo groups is 1. The maximum Gasteiger partial charge on any atom is 0.362 e. The fourth-order valence-corrected chi connectivity index (χ4v) is 3.28. The Morgan fingerprint density at radius 1 is 0.706 bits per heavy atom. The maximum atomic E-state index is 13.0. The molecule has 0 radical (unpaired) electrons. The number of aliphatic hydroxyl groups is 1. The molecule has 0 atom stereocenters. The lowest BCUT2D eigenvalue weighted by Crippen LogP contribution is -2.35. The Balaban J connectivity index is 1.47. The molecule has 0 aromatic heterocycles. The molecule has 0 aliphatic carbocycles. The summed E-state index contributed by atoms with van der Waals surface area (Å²) < 4.78 is 0. The van der Waals surface area contributed by atoms with Gasteiger partial charge in [0.15, 0.2) is 5.60 Å². The Hall–Kier alpha value is -4.62. The molecule has 0 bridgehead atoms. The van der Waals surface area contributed by atoms with E-state index in [0.29, 0.717) is 28.1 Å². The third-order valence-electron chi connectivity index (χ3n) is 5.09. The van der Waals surface area contributed by atoms with Gasteiger partial charge in [-0.15, -0.1) is 10.2 Å². The van der Waals surface area contributed by atoms with Crippen molar-refractivity contribution in [1.82, 2.24) is 0 Å². The molecule has 0 unspecified atom stereocenters. The van der Waals surface area contributed by atoms with Crippen molar-refractivity contribution >= 4 is 23.3 Å². The second-order valence-electron chi connectivity index (χ2n) is 7.35. The molecule has 1 amide bonds. The van der Waals surface area contributed by atoms with Crippen molar-refractivity contribution in [3.63, 3.8) is 0 Å². The van der Waals surface area contributed by atoms with Gasteiger partial charge in [0.25, 0.3) is 0 Å². The Labute approximate surface area is 196 Å². The number of rotatable bonds is 7. The highest BCUT2D eigenvalue weighted by Gasteiger charge is 2.40. The van der Waals surface area contributed by atoms with Gasteiger partial charge in [0.05, 0.1) is 16.9 Å². The van der Waals surface area contributed by atoms with E-state index >= 15 is 0 Å². The molecule has 4 aromatic rings. The summed E-state index contributed by atoms with van der Waals surface area (Å²) >= 11 is 0. The predicted octanol–water partition coefficient (Wildman–Crippen LogP) is 5.42. The molecule has 2 N–H and O–H groups in total. The van der Waals surface area contributed by atoms with Crippen LogP contribution < -0.4 is 5.48 Å². The average molecular weight is 451 g/mol. The summed E-state index contributed by atoms with van der Waals surface area (Å²) in [7, 11) is 0. The zero-order chi connectivity index (χ0) is 23.8. The van der Waals surface area contributed by atoms with Gasteiger partial charge in [-0.2, -0.15) is 0 Å². The summed E-state index contributed by atoms with van der Waals surface area (Å²) in [5, 5.41) is 19.2. The zero-order valence-electron chi connectivity index (χ0n) is 18.0. The van der Waals surface area contributed by atoms with Crippen LogP contribution in [0.5, 0.6) is 0 Å². The summed E-state index contributed by atoms with van der Waals surface area (Å²) in [4.78, 5) is 30.1. The summed E-state index contributed by atoms with van der Waals surface area (Å²) in [5.74, 6) is -1.33. The van der Waals surface area contributed by atoms with Crippen molar-refractivity contribution in [2.45, 2.75) is 5.60 Å². The molecule has 0 saturated carbocycles. The van der Waals surface area contributed by atoms with Crippen LogP contribution in [0.3, 0.4) is 0 Å². The molecule has 0 aliphatic rings. The van der Waals surface area contributed by atoms with Crippen LogP contribution in [0, 0.1) is 0 Å². The highest BCUT2D eigenvalue weighted by atomic mass is 16.7. The molecular weight excluding hydrogens is 430 g/mol. The molecule has 0 aliphatic heterocycles. The van der Waals surface area contributed by atoms with Crippen molar-refractivity contribution in [1.29, 1.82) is 0 Å². The Morgan fingerprint density at radius 2 is 1.21 bits per heavy atom. The Kier molecular flexibility index (Phi) is 6.86. The van der Waals surface area contributed by atoms with Crippen LogP contribution in [0.2, 0.25) is 0 Å². The zero-order valence-corrected chi connectivity index (χ0v) is 18.0. The number of carbonyl (C=O) groups excluding carboxylic acids is 2. The van der Waals surface area contributed by atoms with Crippen LogP contribution in [0.15, 0.2) is 125 Å². The molecule has 4 aromatic carbocycles. The van der Waals surface area contributed by atoms with Crippen molar-refractivity contribution in [2.24, 2.45) is 10.2 Å². The van der Waals surface area contributed by atoms with E-state index in [1.165, 1.54) is 0 Å². The van der Waals surface area contributed by atoms with Gasteiger partial charge in [0, 0.05) is 0 Å². The third kappa shape index (κ3) is 5.06. The van der Waals surface area contributed by atoms with Gasteiger partial charge in [0.2, 0.25) is 0 Å². The van der Waals surface area contributed by atoms with E-state index in [-0.39, 0.29) is 0 Å². The van der Waals surface area contributed by atoms with E-state index < -0.39 is 17.5 Å². The number of anilines is 1. The van der Waals surface area contributed by atoms with Crippen LogP contribution in [0.1, 0.15) is 21.5 Å². The van der Waals surface area contributed by atoms with Crippen LogP contribution in [0.25, 0.3) is 0 Å². The minimum Gasteiger partial charge on any atom is -0.372 e. The fraction of sp³-hybridized carbons (Fsp3) is 0.0370.